The number of ether oxygens (including phenoxy) is 1. The Morgan fingerprint density at radius 1 is 1.32 bits per heavy atom. The summed E-state index contributed by atoms with van der Waals surface area (Å²) in [6.07, 6.45) is 5.41. The van der Waals surface area contributed by atoms with E-state index in [9.17, 15) is 4.79 Å². The van der Waals surface area contributed by atoms with Crippen molar-refractivity contribution in [1.82, 2.24) is 25.4 Å². The summed E-state index contributed by atoms with van der Waals surface area (Å²) >= 11 is 0. The van der Waals surface area contributed by atoms with Crippen LogP contribution in [-0.2, 0) is 18.3 Å². The third-order valence-corrected chi connectivity index (χ3v) is 3.80. The van der Waals surface area contributed by atoms with E-state index in [1.54, 1.807) is 6.33 Å². The van der Waals surface area contributed by atoms with Crippen molar-refractivity contribution >= 4 is 6.09 Å². The minimum atomic E-state index is -0.445. The smallest absolute Gasteiger partial charge is 0.407 e. The van der Waals surface area contributed by atoms with Crippen LogP contribution in [0, 0.1) is 0 Å². The van der Waals surface area contributed by atoms with Crippen LogP contribution in [0.2, 0.25) is 0 Å². The van der Waals surface area contributed by atoms with E-state index in [0.29, 0.717) is 6.04 Å². The summed E-state index contributed by atoms with van der Waals surface area (Å²) in [5, 5.41) is 14.4. The molecular weight excluding hydrogens is 282 g/mol. The molecule has 0 radical (unpaired) electrons. The summed E-state index contributed by atoms with van der Waals surface area (Å²) in [6, 6.07) is 0.677. The highest BCUT2D eigenvalue weighted by Crippen LogP contribution is 2.19. The molecule has 1 aliphatic rings. The van der Waals surface area contributed by atoms with Gasteiger partial charge in [-0.25, -0.2) is 4.79 Å². The number of hydrogen-bond acceptors (Lipinski definition) is 5. The SMILES string of the molecule is Cn1cnnc1CNC1CCC(NC(=O)OC(C)(C)C)CC1. The van der Waals surface area contributed by atoms with Crippen LogP contribution in [0.5, 0.6) is 0 Å². The number of alkyl carbamates (subject to hydrolysis) is 1. The third kappa shape index (κ3) is 5.29. The summed E-state index contributed by atoms with van der Waals surface area (Å²) in [4.78, 5) is 11.8. The largest absolute Gasteiger partial charge is 0.444 e. The summed E-state index contributed by atoms with van der Waals surface area (Å²) < 4.78 is 7.21. The molecule has 0 bridgehead atoms. The average molecular weight is 309 g/mol. The van der Waals surface area contributed by atoms with Crippen LogP contribution in [0.15, 0.2) is 6.33 Å². The van der Waals surface area contributed by atoms with E-state index in [1.807, 2.05) is 32.4 Å². The van der Waals surface area contributed by atoms with E-state index < -0.39 is 5.60 Å². The maximum absolute atomic E-state index is 11.8. The van der Waals surface area contributed by atoms with Crippen molar-refractivity contribution < 1.29 is 9.53 Å². The topological polar surface area (TPSA) is 81.1 Å². The number of carbonyl (C=O) groups is 1. The van der Waals surface area contributed by atoms with Crippen molar-refractivity contribution in [3.63, 3.8) is 0 Å². The molecule has 1 saturated carbocycles. The van der Waals surface area contributed by atoms with Crippen LogP contribution in [0.25, 0.3) is 0 Å². The lowest BCUT2D eigenvalue weighted by Gasteiger charge is -2.30. The molecule has 1 heterocycles. The monoisotopic (exact) mass is 309 g/mol. The number of hydrogen-bond donors (Lipinski definition) is 2. The van der Waals surface area contributed by atoms with Crippen LogP contribution in [0.1, 0.15) is 52.3 Å². The van der Waals surface area contributed by atoms with E-state index in [2.05, 4.69) is 20.8 Å². The first-order valence-electron chi connectivity index (χ1n) is 7.89. The predicted molar refractivity (Wildman–Crippen MR) is 83.3 cm³/mol. The Kier molecular flexibility index (Phi) is 5.39. The maximum Gasteiger partial charge on any atom is 0.407 e. The summed E-state index contributed by atoms with van der Waals surface area (Å²) in [5.41, 5.74) is -0.445. The van der Waals surface area contributed by atoms with Gasteiger partial charge in [0.1, 0.15) is 17.8 Å². The molecule has 2 N–H and O–H groups in total. The minimum absolute atomic E-state index is 0.211. The lowest BCUT2D eigenvalue weighted by Crippen LogP contribution is -2.43. The van der Waals surface area contributed by atoms with Crippen molar-refractivity contribution in [2.75, 3.05) is 0 Å². The molecule has 1 aromatic rings. The zero-order valence-electron chi connectivity index (χ0n) is 13.9. The van der Waals surface area contributed by atoms with Crippen molar-refractivity contribution in [3.05, 3.63) is 12.2 Å². The lowest BCUT2D eigenvalue weighted by atomic mass is 9.91. The highest BCUT2D eigenvalue weighted by molar-refractivity contribution is 5.68. The van der Waals surface area contributed by atoms with Gasteiger partial charge in [-0.15, -0.1) is 10.2 Å². The number of rotatable bonds is 4. The summed E-state index contributed by atoms with van der Waals surface area (Å²) in [6.45, 7) is 6.35. The third-order valence-electron chi connectivity index (χ3n) is 3.80. The highest BCUT2D eigenvalue weighted by Gasteiger charge is 2.24. The standard InChI is InChI=1S/C15H27N5O2/c1-15(2,3)22-14(21)18-12-7-5-11(6-8-12)16-9-13-19-17-10-20(13)4/h10-12,16H,5-9H2,1-4H3,(H,18,21). The molecule has 2 rings (SSSR count). The molecule has 22 heavy (non-hydrogen) atoms. The van der Waals surface area contributed by atoms with Crippen LogP contribution in [0.4, 0.5) is 4.79 Å². The lowest BCUT2D eigenvalue weighted by molar-refractivity contribution is 0.0489. The van der Waals surface area contributed by atoms with E-state index >= 15 is 0 Å². The molecular formula is C15H27N5O2. The minimum Gasteiger partial charge on any atom is -0.444 e. The average Bonchev–Trinajstić information content (AvgIpc) is 2.81. The fourth-order valence-electron chi connectivity index (χ4n) is 2.62. The Bertz CT molecular complexity index is 486. The first-order valence-corrected chi connectivity index (χ1v) is 7.89. The number of carbonyl (C=O) groups excluding carboxylic acids is 1. The van der Waals surface area contributed by atoms with Crippen LogP contribution >= 0.6 is 0 Å². The Morgan fingerprint density at radius 2 is 1.95 bits per heavy atom. The number of nitrogens with zero attached hydrogens (tertiary/aromatic N) is 3. The molecule has 1 fully saturated rings. The van der Waals surface area contributed by atoms with Crippen LogP contribution in [-0.4, -0.2) is 38.5 Å². The second-order valence-electron chi connectivity index (χ2n) is 6.93. The Hall–Kier alpha value is -1.63. The Morgan fingerprint density at radius 3 is 2.50 bits per heavy atom. The molecule has 0 unspecified atom stereocenters. The second-order valence-corrected chi connectivity index (χ2v) is 6.93. The van der Waals surface area contributed by atoms with E-state index in [0.717, 1.165) is 38.1 Å². The van der Waals surface area contributed by atoms with Gasteiger partial charge in [-0.3, -0.25) is 0 Å². The molecule has 1 aliphatic carbocycles. The maximum atomic E-state index is 11.8. The van der Waals surface area contributed by atoms with Crippen molar-refractivity contribution in [3.8, 4) is 0 Å². The zero-order valence-corrected chi connectivity index (χ0v) is 13.9. The predicted octanol–water partition coefficient (Wildman–Crippen LogP) is 1.74. The van der Waals surface area contributed by atoms with Gasteiger partial charge in [0, 0.05) is 19.1 Å². The van der Waals surface area contributed by atoms with E-state index in [-0.39, 0.29) is 12.1 Å². The second kappa shape index (κ2) is 7.09. The molecule has 7 nitrogen and oxygen atoms in total. The van der Waals surface area contributed by atoms with Gasteiger partial charge < -0.3 is 19.9 Å². The van der Waals surface area contributed by atoms with Crippen LogP contribution in [0.3, 0.4) is 0 Å². The first kappa shape index (κ1) is 16.7. The molecule has 124 valence electrons. The van der Waals surface area contributed by atoms with Crippen molar-refractivity contribution in [1.29, 1.82) is 0 Å². The van der Waals surface area contributed by atoms with Gasteiger partial charge in [-0.05, 0) is 46.5 Å². The molecule has 0 aliphatic heterocycles. The molecule has 7 heteroatoms. The summed E-state index contributed by atoms with van der Waals surface area (Å²) in [7, 11) is 1.94. The molecule has 0 atom stereocenters. The first-order chi connectivity index (χ1) is 10.3. The Balaban J connectivity index is 1.67. The van der Waals surface area contributed by atoms with Gasteiger partial charge in [-0.1, -0.05) is 0 Å². The number of aromatic nitrogens is 3. The molecule has 0 aromatic carbocycles. The molecule has 1 amide bonds. The van der Waals surface area contributed by atoms with Gasteiger partial charge >= 0.3 is 6.09 Å². The van der Waals surface area contributed by atoms with Gasteiger partial charge in [-0.2, -0.15) is 0 Å². The van der Waals surface area contributed by atoms with Gasteiger partial charge in [0.25, 0.3) is 0 Å². The van der Waals surface area contributed by atoms with Gasteiger partial charge in [0.2, 0.25) is 0 Å². The number of nitrogens with one attached hydrogen (secondary N) is 2. The van der Waals surface area contributed by atoms with Crippen molar-refractivity contribution in [2.24, 2.45) is 7.05 Å². The fourth-order valence-corrected chi connectivity index (χ4v) is 2.62. The zero-order chi connectivity index (χ0) is 16.2. The molecule has 1 aromatic heterocycles. The van der Waals surface area contributed by atoms with Crippen molar-refractivity contribution in [2.45, 2.75) is 70.7 Å². The fraction of sp³-hybridized carbons (Fsp3) is 0.800. The Labute approximate surface area is 131 Å². The van der Waals surface area contributed by atoms with E-state index in [4.69, 9.17) is 4.74 Å². The van der Waals surface area contributed by atoms with Gasteiger partial charge in [0.15, 0.2) is 0 Å². The highest BCUT2D eigenvalue weighted by atomic mass is 16.6. The summed E-state index contributed by atoms with van der Waals surface area (Å²) in [5.74, 6) is 0.939. The number of amides is 1. The van der Waals surface area contributed by atoms with E-state index in [1.165, 1.54) is 0 Å². The normalized spacial score (nSPS) is 22.4. The molecule has 0 saturated heterocycles. The van der Waals surface area contributed by atoms with Crippen LogP contribution < -0.4 is 10.6 Å². The number of aryl methyl sites for hydroxylation is 1. The van der Waals surface area contributed by atoms with Gasteiger partial charge in [0.05, 0.1) is 6.54 Å². The quantitative estimate of drug-likeness (QED) is 0.885. The molecule has 0 spiro atoms.